The summed E-state index contributed by atoms with van der Waals surface area (Å²) in [7, 11) is 6.30. The van der Waals surface area contributed by atoms with E-state index in [1.165, 1.54) is 6.92 Å². The number of rotatable bonds is 15. The van der Waals surface area contributed by atoms with Crippen LogP contribution < -0.4 is 5.32 Å². The number of carboxylic acids is 3. The van der Waals surface area contributed by atoms with Crippen LogP contribution in [0.25, 0.3) is 0 Å². The molecule has 0 aliphatic carbocycles. The molecule has 1 fully saturated rings. The van der Waals surface area contributed by atoms with Gasteiger partial charge in [-0.3, -0.25) is 43.6 Å². The van der Waals surface area contributed by atoms with Crippen LogP contribution in [0.15, 0.2) is 0 Å². The number of amides is 1. The lowest BCUT2D eigenvalue weighted by atomic mass is 10.1. The molecule has 1 rings (SSSR count). The molecule has 0 saturated carbocycles. The van der Waals surface area contributed by atoms with E-state index in [0.717, 1.165) is 23.9 Å². The van der Waals surface area contributed by atoms with Gasteiger partial charge in [0.05, 0.1) is 59.9 Å². The number of nitrogens with zero attached hydrogens (tertiary/aromatic N) is 5. The molecule has 0 aromatic carbocycles. The quantitative estimate of drug-likeness (QED) is 0.139. The van der Waals surface area contributed by atoms with Gasteiger partial charge in [0.25, 0.3) is 0 Å². The second kappa shape index (κ2) is 21.1. The lowest BCUT2D eigenvalue weighted by Crippen LogP contribution is -2.51. The molecule has 0 aromatic heterocycles. The molecule has 14 nitrogen and oxygen atoms in total. The molecule has 14 heteroatoms. The SMILES string of the molecule is CC.CC(=O)C(CCCC[N+](C)(C)C)NC(=O)CN1CCN(CC(=O)O)CCN(CC(=O)O)CCN(CC(=O)O)CC1. The summed E-state index contributed by atoms with van der Waals surface area (Å²) in [5.41, 5.74) is 0. The van der Waals surface area contributed by atoms with E-state index in [9.17, 15) is 39.3 Å². The molecule has 1 atom stereocenters. The third kappa shape index (κ3) is 20.3. The molecule has 1 aliphatic rings. The van der Waals surface area contributed by atoms with Gasteiger partial charge in [0, 0.05) is 52.4 Å². The Morgan fingerprint density at radius 2 is 0.976 bits per heavy atom. The molecule has 0 aromatic rings. The number of carbonyl (C=O) groups is 5. The van der Waals surface area contributed by atoms with Gasteiger partial charge in [-0.05, 0) is 26.2 Å². The van der Waals surface area contributed by atoms with Gasteiger partial charge in [0.2, 0.25) is 5.91 Å². The fourth-order valence-corrected chi connectivity index (χ4v) is 4.54. The number of carboxylic acid groups (broad SMARTS) is 3. The van der Waals surface area contributed by atoms with E-state index in [0.29, 0.717) is 58.8 Å². The number of quaternary nitrogens is 1. The molecule has 4 N–H and O–H groups in total. The average Bonchev–Trinajstić information content (AvgIpc) is 2.87. The number of carbonyl (C=O) groups excluding carboxylic acids is 2. The zero-order valence-electron chi connectivity index (χ0n) is 26.5. The highest BCUT2D eigenvalue weighted by atomic mass is 16.4. The molecule has 1 amide bonds. The minimum absolute atomic E-state index is 0.0182. The van der Waals surface area contributed by atoms with Crippen LogP contribution in [-0.2, 0) is 24.0 Å². The predicted octanol–water partition coefficient (Wildman–Crippen LogP) is -0.562. The van der Waals surface area contributed by atoms with Crippen molar-refractivity contribution in [2.24, 2.45) is 0 Å². The standard InChI is InChI=1S/C26H48N6O8.C2H6/c1-21(33)22(7-5-6-16-32(2,3)4)27-23(34)17-28-8-10-29(18-24(35)36)12-14-31(20-26(39)40)15-13-30(11-9-28)19-25(37)38;1-2/h22H,5-20H2,1-4H3,(H3-,27,34,35,36,37,38,39,40);1-2H3/p+1. The van der Waals surface area contributed by atoms with Gasteiger partial charge < -0.3 is 25.1 Å². The van der Waals surface area contributed by atoms with Crippen molar-refractivity contribution in [2.75, 3.05) is 106 Å². The molecule has 1 saturated heterocycles. The Kier molecular flexibility index (Phi) is 19.8. The molecular formula is C28H55N6O8+. The van der Waals surface area contributed by atoms with E-state index in [2.05, 4.69) is 26.5 Å². The maximum atomic E-state index is 13.0. The van der Waals surface area contributed by atoms with Gasteiger partial charge in [0.15, 0.2) is 5.78 Å². The van der Waals surface area contributed by atoms with E-state index in [1.807, 2.05) is 18.7 Å². The Balaban J connectivity index is 0.00000821. The molecule has 1 unspecified atom stereocenters. The molecule has 42 heavy (non-hydrogen) atoms. The third-order valence-corrected chi connectivity index (χ3v) is 6.77. The Morgan fingerprint density at radius 3 is 1.26 bits per heavy atom. The molecule has 1 heterocycles. The van der Waals surface area contributed by atoms with E-state index >= 15 is 0 Å². The van der Waals surface area contributed by atoms with E-state index < -0.39 is 23.9 Å². The van der Waals surface area contributed by atoms with Crippen LogP contribution in [0.5, 0.6) is 0 Å². The van der Waals surface area contributed by atoms with Crippen molar-refractivity contribution in [2.45, 2.75) is 46.1 Å². The Hall–Kier alpha value is -2.65. The second-order valence-electron chi connectivity index (χ2n) is 11.5. The predicted molar refractivity (Wildman–Crippen MR) is 159 cm³/mol. The van der Waals surface area contributed by atoms with Crippen molar-refractivity contribution in [3.8, 4) is 0 Å². The third-order valence-electron chi connectivity index (χ3n) is 6.77. The summed E-state index contributed by atoms with van der Waals surface area (Å²) in [6.07, 6.45) is 2.28. The number of nitrogens with one attached hydrogen (secondary N) is 1. The van der Waals surface area contributed by atoms with Crippen molar-refractivity contribution in [1.82, 2.24) is 24.9 Å². The number of Topliss-reactive ketones (excluding diaryl/α,β-unsaturated/α-hetero) is 1. The summed E-state index contributed by atoms with van der Waals surface area (Å²) in [4.78, 5) is 66.3. The number of hydrogen-bond acceptors (Lipinski definition) is 9. The second-order valence-corrected chi connectivity index (χ2v) is 11.5. The molecule has 0 radical (unpaired) electrons. The Morgan fingerprint density at radius 1 is 0.643 bits per heavy atom. The maximum absolute atomic E-state index is 13.0. The molecule has 1 aliphatic heterocycles. The fourth-order valence-electron chi connectivity index (χ4n) is 4.54. The number of hydrogen-bond donors (Lipinski definition) is 4. The molecule has 244 valence electrons. The summed E-state index contributed by atoms with van der Waals surface area (Å²) in [6, 6.07) is -0.584. The van der Waals surface area contributed by atoms with Crippen LogP contribution in [0.2, 0.25) is 0 Å². The Bertz CT molecular complexity index is 819. The topological polar surface area (TPSA) is 171 Å². The van der Waals surface area contributed by atoms with Gasteiger partial charge in [-0.15, -0.1) is 0 Å². The van der Waals surface area contributed by atoms with Crippen LogP contribution >= 0.6 is 0 Å². The van der Waals surface area contributed by atoms with E-state index in [-0.39, 0.29) is 37.9 Å². The minimum Gasteiger partial charge on any atom is -0.480 e. The monoisotopic (exact) mass is 603 g/mol. The molecule has 0 spiro atoms. The average molecular weight is 604 g/mol. The number of ketones is 1. The highest BCUT2D eigenvalue weighted by Crippen LogP contribution is 2.06. The minimum atomic E-state index is -1.02. The van der Waals surface area contributed by atoms with Gasteiger partial charge in [-0.1, -0.05) is 13.8 Å². The zero-order chi connectivity index (χ0) is 32.3. The van der Waals surface area contributed by atoms with Crippen molar-refractivity contribution < 1.29 is 43.8 Å². The fraction of sp³-hybridized carbons (Fsp3) is 0.821. The summed E-state index contributed by atoms with van der Waals surface area (Å²) in [6.45, 7) is 8.24. The van der Waals surface area contributed by atoms with Gasteiger partial charge >= 0.3 is 17.9 Å². The normalized spacial score (nSPS) is 17.6. The van der Waals surface area contributed by atoms with Crippen LogP contribution in [0.3, 0.4) is 0 Å². The molecule has 0 bridgehead atoms. The first-order chi connectivity index (χ1) is 19.6. The van der Waals surface area contributed by atoms with Crippen molar-refractivity contribution in [1.29, 1.82) is 0 Å². The van der Waals surface area contributed by atoms with Crippen molar-refractivity contribution in [3.63, 3.8) is 0 Å². The smallest absolute Gasteiger partial charge is 0.317 e. The lowest BCUT2D eigenvalue weighted by molar-refractivity contribution is -0.870. The zero-order valence-corrected chi connectivity index (χ0v) is 26.5. The van der Waals surface area contributed by atoms with Crippen LogP contribution in [0.4, 0.5) is 0 Å². The number of aliphatic carboxylic acids is 3. The van der Waals surface area contributed by atoms with Gasteiger partial charge in [-0.2, -0.15) is 0 Å². The van der Waals surface area contributed by atoms with Crippen molar-refractivity contribution >= 4 is 29.6 Å². The van der Waals surface area contributed by atoms with E-state index in [4.69, 9.17) is 0 Å². The summed E-state index contributed by atoms with van der Waals surface area (Å²) < 4.78 is 0.821. The highest BCUT2D eigenvalue weighted by molar-refractivity contribution is 5.88. The van der Waals surface area contributed by atoms with Crippen LogP contribution in [-0.4, -0.2) is 181 Å². The van der Waals surface area contributed by atoms with Gasteiger partial charge in [-0.25, -0.2) is 0 Å². The van der Waals surface area contributed by atoms with Gasteiger partial charge in [0.1, 0.15) is 0 Å². The first-order valence-corrected chi connectivity index (χ1v) is 14.8. The molecular weight excluding hydrogens is 548 g/mol. The summed E-state index contributed by atoms with van der Waals surface area (Å²) in [5, 5.41) is 30.8. The number of unbranched alkanes of at least 4 members (excludes halogenated alkanes) is 1. The summed E-state index contributed by atoms with van der Waals surface area (Å²) in [5.74, 6) is -3.47. The van der Waals surface area contributed by atoms with Crippen LogP contribution in [0.1, 0.15) is 40.0 Å². The van der Waals surface area contributed by atoms with E-state index in [1.54, 1.807) is 14.7 Å². The lowest BCUT2D eigenvalue weighted by Gasteiger charge is -2.33. The highest BCUT2D eigenvalue weighted by Gasteiger charge is 2.23. The first kappa shape index (κ1) is 39.4. The summed E-state index contributed by atoms with van der Waals surface area (Å²) >= 11 is 0. The maximum Gasteiger partial charge on any atom is 0.317 e. The largest absolute Gasteiger partial charge is 0.480 e. The van der Waals surface area contributed by atoms with Crippen molar-refractivity contribution in [3.05, 3.63) is 0 Å². The first-order valence-electron chi connectivity index (χ1n) is 14.8. The Labute approximate surface area is 250 Å². The van der Waals surface area contributed by atoms with Crippen LogP contribution in [0, 0.1) is 0 Å².